The number of aliphatic hydroxyl groups is 2. The summed E-state index contributed by atoms with van der Waals surface area (Å²) >= 11 is 3.04. The molecule has 302 valence electrons. The first-order chi connectivity index (χ1) is 23.9. The van der Waals surface area contributed by atoms with E-state index in [2.05, 4.69) is 15.9 Å². The van der Waals surface area contributed by atoms with Crippen molar-refractivity contribution in [1.82, 2.24) is 0 Å². The molecule has 18 heteroatoms. The van der Waals surface area contributed by atoms with Gasteiger partial charge in [-0.1, -0.05) is 52.3 Å². The molecule has 0 spiro atoms. The average molecular weight is 839 g/mol. The maximum Gasteiger partial charge on any atom is 0.494 e. The van der Waals surface area contributed by atoms with Crippen LogP contribution in [-0.2, 0) is 39.1 Å². The lowest BCUT2D eigenvalue weighted by molar-refractivity contribution is -0.259. The predicted molar refractivity (Wildman–Crippen MR) is 200 cm³/mol. The predicted octanol–water partition coefficient (Wildman–Crippen LogP) is 8.22. The summed E-state index contributed by atoms with van der Waals surface area (Å²) in [4.78, 5) is 0. The van der Waals surface area contributed by atoms with E-state index in [-0.39, 0.29) is 33.5 Å². The molecule has 3 heterocycles. The fourth-order valence-electron chi connectivity index (χ4n) is 5.09. The van der Waals surface area contributed by atoms with E-state index in [1.54, 1.807) is 12.1 Å². The molecule has 3 saturated heterocycles. The fourth-order valence-corrected chi connectivity index (χ4v) is 5.48. The first-order valence-corrected chi connectivity index (χ1v) is 18.2. The summed E-state index contributed by atoms with van der Waals surface area (Å²) in [5, 5.41) is 19.1. The summed E-state index contributed by atoms with van der Waals surface area (Å²) in [6.07, 6.45) is -9.44. The maximum absolute atomic E-state index is 13.0. The highest BCUT2D eigenvalue weighted by molar-refractivity contribution is 9.10. The van der Waals surface area contributed by atoms with E-state index in [1.165, 1.54) is 36.4 Å². The zero-order valence-electron chi connectivity index (χ0n) is 33.3. The summed E-state index contributed by atoms with van der Waals surface area (Å²) < 4.78 is 112. The van der Waals surface area contributed by atoms with Crippen molar-refractivity contribution in [2.45, 2.75) is 154 Å². The lowest BCUT2D eigenvalue weighted by atomic mass is 9.49. The number of rotatable bonds is 4. The van der Waals surface area contributed by atoms with E-state index in [4.69, 9.17) is 27.9 Å². The maximum atomic E-state index is 13.0. The number of benzene rings is 2. The van der Waals surface area contributed by atoms with Gasteiger partial charge in [0.25, 0.3) is 0 Å². The van der Waals surface area contributed by atoms with Gasteiger partial charge in [0.05, 0.1) is 33.6 Å². The van der Waals surface area contributed by atoms with E-state index in [0.29, 0.717) is 9.94 Å². The quantitative estimate of drug-likeness (QED) is 0.235. The van der Waals surface area contributed by atoms with Gasteiger partial charge in [0.15, 0.2) is 11.2 Å². The molecule has 0 aliphatic carbocycles. The third-order valence-electron chi connectivity index (χ3n) is 11.2. The monoisotopic (exact) mass is 838 g/mol. The standard InChI is InChI=1S/C15H20BF3O3.C12H24B2O4.C9H8BrF3O/c1-12(2)13(3,4)22-16(21-12)11-8-6-7-10(9-11)14(5,20)15(17,18)19;1-9(2)10(3,4)16-13(15-9)14-17-11(5,6)12(7,8)18-14;1-8(14,9(11,12)13)6-3-2-4-7(10)5-6/h6-9,20H,1-5H3;1-8H3;2-5,14H,1H3. The Balaban J connectivity index is 0.000000224. The Labute approximate surface area is 324 Å². The van der Waals surface area contributed by atoms with Crippen molar-refractivity contribution >= 4 is 42.5 Å². The van der Waals surface area contributed by atoms with Gasteiger partial charge in [-0.2, -0.15) is 26.3 Å². The van der Waals surface area contributed by atoms with Crippen LogP contribution in [0.1, 0.15) is 108 Å². The molecular formula is C36H52B3BrF6O8. The molecule has 3 fully saturated rings. The molecule has 3 aliphatic heterocycles. The van der Waals surface area contributed by atoms with Crippen LogP contribution in [0.3, 0.4) is 0 Å². The number of alkyl halides is 6. The third-order valence-corrected chi connectivity index (χ3v) is 11.7. The minimum Gasteiger partial charge on any atom is -0.405 e. The summed E-state index contributed by atoms with van der Waals surface area (Å²) in [5.74, 6) is 0. The molecule has 0 saturated carbocycles. The molecule has 5 rings (SSSR count). The van der Waals surface area contributed by atoms with E-state index < -0.39 is 55.9 Å². The van der Waals surface area contributed by atoms with Gasteiger partial charge in [0, 0.05) is 4.47 Å². The molecule has 2 aromatic carbocycles. The van der Waals surface area contributed by atoms with Crippen LogP contribution in [0.4, 0.5) is 26.3 Å². The van der Waals surface area contributed by atoms with Crippen molar-refractivity contribution in [2.24, 2.45) is 0 Å². The van der Waals surface area contributed by atoms with Crippen molar-refractivity contribution < 1.29 is 64.5 Å². The van der Waals surface area contributed by atoms with Gasteiger partial charge >= 0.3 is 33.5 Å². The molecule has 2 unspecified atom stereocenters. The van der Waals surface area contributed by atoms with Gasteiger partial charge in [-0.25, -0.2) is 0 Å². The summed E-state index contributed by atoms with van der Waals surface area (Å²) in [6.45, 7) is 25.1. The highest BCUT2D eigenvalue weighted by atomic mass is 79.9. The van der Waals surface area contributed by atoms with E-state index in [9.17, 15) is 36.6 Å². The molecular weight excluding hydrogens is 787 g/mol. The van der Waals surface area contributed by atoms with E-state index in [1.807, 2.05) is 83.1 Å². The van der Waals surface area contributed by atoms with Crippen molar-refractivity contribution in [3.63, 3.8) is 0 Å². The van der Waals surface area contributed by atoms with Gasteiger partial charge in [0.1, 0.15) is 0 Å². The van der Waals surface area contributed by atoms with Crippen LogP contribution in [0.25, 0.3) is 0 Å². The Morgan fingerprint density at radius 1 is 0.500 bits per heavy atom. The van der Waals surface area contributed by atoms with Crippen LogP contribution in [0, 0.1) is 0 Å². The third kappa shape index (κ3) is 9.55. The Bertz CT molecular complexity index is 1550. The summed E-state index contributed by atoms with van der Waals surface area (Å²) in [5.41, 5.74) is -8.32. The Morgan fingerprint density at radius 3 is 1.11 bits per heavy atom. The van der Waals surface area contributed by atoms with Gasteiger partial charge in [-0.15, -0.1) is 0 Å². The molecule has 8 nitrogen and oxygen atoms in total. The molecule has 0 aromatic heterocycles. The Morgan fingerprint density at radius 2 is 0.796 bits per heavy atom. The van der Waals surface area contributed by atoms with Crippen LogP contribution < -0.4 is 5.46 Å². The van der Waals surface area contributed by atoms with E-state index in [0.717, 1.165) is 13.8 Å². The molecule has 2 aromatic rings. The van der Waals surface area contributed by atoms with Crippen LogP contribution in [-0.4, -0.2) is 77.3 Å². The number of hydrogen-bond donors (Lipinski definition) is 2. The zero-order valence-corrected chi connectivity index (χ0v) is 34.9. The molecule has 0 bridgehead atoms. The Kier molecular flexibility index (Phi) is 12.9. The van der Waals surface area contributed by atoms with Gasteiger partial charge in [0.2, 0.25) is 0 Å². The fraction of sp³-hybridized carbons (Fsp3) is 0.667. The second kappa shape index (κ2) is 15.0. The molecule has 2 N–H and O–H groups in total. The average Bonchev–Trinajstić information content (AvgIpc) is 3.46. The van der Waals surface area contributed by atoms with Gasteiger partial charge < -0.3 is 38.1 Å². The second-order valence-corrected chi connectivity index (χ2v) is 18.0. The molecule has 0 amide bonds. The topological polar surface area (TPSA) is 95.8 Å². The van der Waals surface area contributed by atoms with Crippen LogP contribution in [0.2, 0.25) is 0 Å². The molecule has 2 atom stereocenters. The van der Waals surface area contributed by atoms with Crippen molar-refractivity contribution in [3.05, 3.63) is 64.1 Å². The van der Waals surface area contributed by atoms with Crippen LogP contribution in [0.15, 0.2) is 53.0 Å². The minimum atomic E-state index is -4.76. The van der Waals surface area contributed by atoms with Crippen molar-refractivity contribution in [3.8, 4) is 0 Å². The van der Waals surface area contributed by atoms with Gasteiger partial charge in [-0.05, 0) is 126 Å². The highest BCUT2D eigenvalue weighted by Crippen LogP contribution is 2.44. The largest absolute Gasteiger partial charge is 0.494 e. The van der Waals surface area contributed by atoms with Gasteiger partial charge in [-0.3, -0.25) is 0 Å². The summed E-state index contributed by atoms with van der Waals surface area (Å²) in [6, 6.07) is 11.1. The van der Waals surface area contributed by atoms with Crippen LogP contribution >= 0.6 is 15.9 Å². The van der Waals surface area contributed by atoms with Crippen LogP contribution in [0.5, 0.6) is 0 Å². The Hall–Kier alpha value is -1.63. The number of hydrogen-bond acceptors (Lipinski definition) is 8. The first kappa shape index (κ1) is 46.8. The SMILES string of the molecule is CC(O)(c1cccc(Br)c1)C(F)(F)F.CC1(C)OB(B2OC(C)(C)C(C)(C)O2)OC1(C)C.CC1(C)OB(c2cccc(C(C)(O)C(F)(F)F)c2)OC1(C)C. The van der Waals surface area contributed by atoms with E-state index >= 15 is 0 Å². The number of halogens is 7. The molecule has 54 heavy (non-hydrogen) atoms. The molecule has 0 radical (unpaired) electrons. The normalized spacial score (nSPS) is 24.5. The first-order valence-electron chi connectivity index (χ1n) is 17.4. The lowest BCUT2D eigenvalue weighted by Gasteiger charge is -2.32. The zero-order chi connectivity index (χ0) is 41.9. The smallest absolute Gasteiger partial charge is 0.405 e. The highest BCUT2D eigenvalue weighted by Gasteiger charge is 2.64. The lowest BCUT2D eigenvalue weighted by Crippen LogP contribution is -2.41. The summed E-state index contributed by atoms with van der Waals surface area (Å²) in [7, 11) is -1.72. The molecule has 3 aliphatic rings. The second-order valence-electron chi connectivity index (χ2n) is 17.1. The van der Waals surface area contributed by atoms with Crippen molar-refractivity contribution in [1.29, 1.82) is 0 Å². The minimum absolute atomic E-state index is 0.181. The van der Waals surface area contributed by atoms with Crippen molar-refractivity contribution in [2.75, 3.05) is 0 Å².